The van der Waals surface area contributed by atoms with E-state index < -0.39 is 0 Å². The Morgan fingerprint density at radius 3 is 2.74 bits per heavy atom. The molecule has 2 N–H and O–H groups in total. The Morgan fingerprint density at radius 2 is 2.00 bits per heavy atom. The Hall–Kier alpha value is -3.26. The van der Waals surface area contributed by atoms with E-state index in [0.29, 0.717) is 16.2 Å². The molecule has 7 nitrogen and oxygen atoms in total. The number of para-hydroxylation sites is 1. The molecule has 4 aromatic rings. The first-order chi connectivity index (χ1) is 13.0. The summed E-state index contributed by atoms with van der Waals surface area (Å²) in [5.41, 5.74) is 2.63. The van der Waals surface area contributed by atoms with Gasteiger partial charge >= 0.3 is 0 Å². The number of amides is 1. The minimum absolute atomic E-state index is 0.214. The van der Waals surface area contributed by atoms with Gasteiger partial charge in [-0.15, -0.1) is 0 Å². The number of rotatable bonds is 4. The highest BCUT2D eigenvalue weighted by molar-refractivity contribution is 7.71. The molecule has 0 saturated heterocycles. The van der Waals surface area contributed by atoms with Crippen molar-refractivity contribution in [1.82, 2.24) is 24.3 Å². The third-order valence-electron chi connectivity index (χ3n) is 4.20. The molecule has 3 aromatic heterocycles. The summed E-state index contributed by atoms with van der Waals surface area (Å²) in [6.07, 6.45) is 4.99. The van der Waals surface area contributed by atoms with Crippen LogP contribution in [0.15, 0.2) is 55.0 Å². The van der Waals surface area contributed by atoms with Gasteiger partial charge in [0.25, 0.3) is 5.91 Å². The molecule has 0 aliphatic carbocycles. The second kappa shape index (κ2) is 6.81. The second-order valence-corrected chi connectivity index (χ2v) is 6.81. The van der Waals surface area contributed by atoms with Crippen molar-refractivity contribution in [3.05, 3.63) is 65.5 Å². The lowest BCUT2D eigenvalue weighted by molar-refractivity contribution is 0.102. The predicted octanol–water partition coefficient (Wildman–Crippen LogP) is 4.11. The van der Waals surface area contributed by atoms with E-state index in [1.165, 1.54) is 0 Å². The molecule has 0 spiro atoms. The number of aromatic amines is 1. The SMILES string of the molecule is CC(C)n1ncc2cc(NC(=O)c3c[nH]c(=S)n3-c3ccccc3)cnc21. The first-order valence-corrected chi connectivity index (χ1v) is 8.96. The van der Waals surface area contributed by atoms with Crippen LogP contribution in [0, 0.1) is 4.77 Å². The third kappa shape index (κ3) is 3.15. The molecule has 3 heterocycles. The lowest BCUT2D eigenvalue weighted by Gasteiger charge is -2.09. The highest BCUT2D eigenvalue weighted by Gasteiger charge is 2.15. The van der Waals surface area contributed by atoms with Crippen LogP contribution in [-0.4, -0.2) is 30.2 Å². The first-order valence-electron chi connectivity index (χ1n) is 8.55. The zero-order valence-electron chi connectivity index (χ0n) is 14.9. The van der Waals surface area contributed by atoms with Gasteiger partial charge in [0.2, 0.25) is 0 Å². The minimum atomic E-state index is -0.274. The molecule has 27 heavy (non-hydrogen) atoms. The summed E-state index contributed by atoms with van der Waals surface area (Å²) in [7, 11) is 0. The number of carbonyl (C=O) groups excluding carboxylic acids is 1. The number of imidazole rings is 1. The van der Waals surface area contributed by atoms with Gasteiger partial charge in [-0.05, 0) is 44.3 Å². The van der Waals surface area contributed by atoms with Crippen LogP contribution in [0.1, 0.15) is 30.4 Å². The molecule has 0 radical (unpaired) electrons. The van der Waals surface area contributed by atoms with E-state index in [9.17, 15) is 4.79 Å². The van der Waals surface area contributed by atoms with Crippen LogP contribution in [0.5, 0.6) is 0 Å². The number of fused-ring (bicyclic) bond motifs is 1. The number of hydrogen-bond donors (Lipinski definition) is 2. The lowest BCUT2D eigenvalue weighted by atomic mass is 10.3. The largest absolute Gasteiger partial charge is 0.336 e. The smallest absolute Gasteiger partial charge is 0.274 e. The zero-order chi connectivity index (χ0) is 19.0. The fraction of sp³-hybridized carbons (Fsp3) is 0.158. The number of hydrogen-bond acceptors (Lipinski definition) is 4. The van der Waals surface area contributed by atoms with Crippen LogP contribution in [0.3, 0.4) is 0 Å². The van der Waals surface area contributed by atoms with E-state index in [1.807, 2.05) is 54.9 Å². The van der Waals surface area contributed by atoms with Gasteiger partial charge in [0, 0.05) is 23.3 Å². The number of nitrogens with one attached hydrogen (secondary N) is 2. The second-order valence-electron chi connectivity index (χ2n) is 6.42. The van der Waals surface area contributed by atoms with Gasteiger partial charge in [0.1, 0.15) is 5.69 Å². The van der Waals surface area contributed by atoms with Crippen molar-refractivity contribution in [1.29, 1.82) is 0 Å². The van der Waals surface area contributed by atoms with Crippen LogP contribution in [0.2, 0.25) is 0 Å². The maximum atomic E-state index is 12.8. The number of H-pyrrole nitrogens is 1. The number of anilines is 1. The van der Waals surface area contributed by atoms with Crippen molar-refractivity contribution in [3.8, 4) is 5.69 Å². The Morgan fingerprint density at radius 1 is 1.22 bits per heavy atom. The molecule has 0 unspecified atom stereocenters. The van der Waals surface area contributed by atoms with Crippen molar-refractivity contribution in [3.63, 3.8) is 0 Å². The van der Waals surface area contributed by atoms with Crippen LogP contribution >= 0.6 is 12.2 Å². The summed E-state index contributed by atoms with van der Waals surface area (Å²) in [6.45, 7) is 4.09. The van der Waals surface area contributed by atoms with Crippen molar-refractivity contribution in [2.24, 2.45) is 0 Å². The molecule has 136 valence electrons. The van der Waals surface area contributed by atoms with Crippen LogP contribution in [-0.2, 0) is 0 Å². The minimum Gasteiger partial charge on any atom is -0.336 e. The molecule has 8 heteroatoms. The van der Waals surface area contributed by atoms with Crippen molar-refractivity contribution >= 4 is 34.8 Å². The van der Waals surface area contributed by atoms with E-state index >= 15 is 0 Å². The summed E-state index contributed by atoms with van der Waals surface area (Å²) in [6, 6.07) is 11.6. The van der Waals surface area contributed by atoms with E-state index in [0.717, 1.165) is 16.7 Å². The van der Waals surface area contributed by atoms with E-state index in [4.69, 9.17) is 12.2 Å². The molecular weight excluding hydrogens is 360 g/mol. The Bertz CT molecular complexity index is 1170. The standard InChI is InChI=1S/C19H18N6OS/c1-12(2)25-17-13(9-22-25)8-14(10-20-17)23-18(26)16-11-21-19(27)24(16)15-6-4-3-5-7-15/h3-12H,1-2H3,(H,21,27)(H,23,26). The zero-order valence-corrected chi connectivity index (χ0v) is 15.7. The topological polar surface area (TPSA) is 80.5 Å². The van der Waals surface area contributed by atoms with Crippen molar-refractivity contribution in [2.75, 3.05) is 5.32 Å². The molecular formula is C19H18N6OS. The fourth-order valence-electron chi connectivity index (χ4n) is 2.95. The monoisotopic (exact) mass is 378 g/mol. The highest BCUT2D eigenvalue weighted by Crippen LogP contribution is 2.20. The lowest BCUT2D eigenvalue weighted by Crippen LogP contribution is -2.16. The van der Waals surface area contributed by atoms with Crippen LogP contribution < -0.4 is 5.32 Å². The quantitative estimate of drug-likeness (QED) is 0.524. The molecule has 1 aromatic carbocycles. The van der Waals surface area contributed by atoms with Gasteiger partial charge in [0.05, 0.1) is 18.1 Å². The molecule has 4 rings (SSSR count). The molecule has 0 fully saturated rings. The average Bonchev–Trinajstić information content (AvgIpc) is 3.25. The summed E-state index contributed by atoms with van der Waals surface area (Å²) in [4.78, 5) is 20.2. The molecule has 1 amide bonds. The van der Waals surface area contributed by atoms with Crippen molar-refractivity contribution < 1.29 is 4.79 Å². The van der Waals surface area contributed by atoms with Crippen LogP contribution in [0.4, 0.5) is 5.69 Å². The molecule has 0 saturated carbocycles. The number of aromatic nitrogens is 5. The Balaban J connectivity index is 1.66. The first kappa shape index (κ1) is 17.2. The van der Waals surface area contributed by atoms with E-state index in [1.54, 1.807) is 23.2 Å². The fourth-order valence-corrected chi connectivity index (χ4v) is 3.21. The maximum absolute atomic E-state index is 12.8. The Kier molecular flexibility index (Phi) is 4.33. The molecule has 0 aliphatic rings. The third-order valence-corrected chi connectivity index (χ3v) is 4.50. The van der Waals surface area contributed by atoms with E-state index in [2.05, 4.69) is 20.4 Å². The predicted molar refractivity (Wildman–Crippen MR) is 107 cm³/mol. The molecule has 0 atom stereocenters. The van der Waals surface area contributed by atoms with Gasteiger partial charge in [-0.1, -0.05) is 18.2 Å². The maximum Gasteiger partial charge on any atom is 0.274 e. The number of nitrogens with zero attached hydrogens (tertiary/aromatic N) is 4. The number of carbonyl (C=O) groups is 1. The van der Waals surface area contributed by atoms with Crippen LogP contribution in [0.25, 0.3) is 16.7 Å². The molecule has 0 aliphatic heterocycles. The average molecular weight is 378 g/mol. The summed E-state index contributed by atoms with van der Waals surface area (Å²) in [5.74, 6) is -0.274. The van der Waals surface area contributed by atoms with Crippen molar-refractivity contribution in [2.45, 2.75) is 19.9 Å². The highest BCUT2D eigenvalue weighted by atomic mass is 32.1. The normalized spacial score (nSPS) is 11.2. The number of pyridine rings is 1. The van der Waals surface area contributed by atoms with E-state index in [-0.39, 0.29) is 11.9 Å². The van der Waals surface area contributed by atoms with Gasteiger partial charge in [-0.3, -0.25) is 9.36 Å². The van der Waals surface area contributed by atoms with Gasteiger partial charge in [-0.25, -0.2) is 9.67 Å². The summed E-state index contributed by atoms with van der Waals surface area (Å²) < 4.78 is 4.01. The summed E-state index contributed by atoms with van der Waals surface area (Å²) >= 11 is 5.33. The molecule has 0 bridgehead atoms. The summed E-state index contributed by atoms with van der Waals surface area (Å²) in [5, 5.41) is 8.11. The Labute approximate surface area is 160 Å². The number of benzene rings is 1. The van der Waals surface area contributed by atoms with Gasteiger partial charge in [-0.2, -0.15) is 5.10 Å². The van der Waals surface area contributed by atoms with Gasteiger partial charge in [0.15, 0.2) is 10.4 Å². The van der Waals surface area contributed by atoms with Gasteiger partial charge < -0.3 is 10.3 Å².